The lowest BCUT2D eigenvalue weighted by Crippen LogP contribution is -2.46. The van der Waals surface area contributed by atoms with Crippen LogP contribution in [0, 0.1) is 0 Å². The molecule has 1 aliphatic rings. The first-order valence-electron chi connectivity index (χ1n) is 5.68. The summed E-state index contributed by atoms with van der Waals surface area (Å²) in [7, 11) is 0. The molecular weight excluding hydrogens is 178 g/mol. The predicted molar refractivity (Wildman–Crippen MR) is 57.3 cm³/mol. The van der Waals surface area contributed by atoms with E-state index in [-0.39, 0.29) is 12.6 Å². The van der Waals surface area contributed by atoms with Crippen LogP contribution in [0.5, 0.6) is 0 Å². The van der Waals surface area contributed by atoms with E-state index in [4.69, 9.17) is 9.84 Å². The first-order valence-corrected chi connectivity index (χ1v) is 5.68. The molecule has 14 heavy (non-hydrogen) atoms. The number of nitrogens with one attached hydrogen (secondary N) is 1. The van der Waals surface area contributed by atoms with Gasteiger partial charge in [0.1, 0.15) is 0 Å². The van der Waals surface area contributed by atoms with Crippen LogP contribution in [0.1, 0.15) is 40.0 Å². The lowest BCUT2D eigenvalue weighted by Gasteiger charge is -2.34. The zero-order valence-electron chi connectivity index (χ0n) is 9.49. The van der Waals surface area contributed by atoms with Crippen LogP contribution in [0.2, 0.25) is 0 Å². The molecule has 3 atom stereocenters. The Hall–Kier alpha value is -0.120. The van der Waals surface area contributed by atoms with Crippen LogP contribution in [-0.4, -0.2) is 36.0 Å². The van der Waals surface area contributed by atoms with Crippen LogP contribution in [0.25, 0.3) is 0 Å². The monoisotopic (exact) mass is 201 g/mol. The summed E-state index contributed by atoms with van der Waals surface area (Å²) in [5.74, 6) is 0. The average Bonchev–Trinajstić information content (AvgIpc) is 2.12. The van der Waals surface area contributed by atoms with Gasteiger partial charge in [0, 0.05) is 12.1 Å². The number of hydrogen-bond donors (Lipinski definition) is 2. The molecule has 1 fully saturated rings. The van der Waals surface area contributed by atoms with E-state index in [1.165, 1.54) is 0 Å². The zero-order chi connectivity index (χ0) is 10.6. The van der Waals surface area contributed by atoms with Crippen LogP contribution in [0.3, 0.4) is 0 Å². The fourth-order valence-corrected chi connectivity index (χ4v) is 2.17. The summed E-state index contributed by atoms with van der Waals surface area (Å²) in [6.07, 6.45) is 3.78. The summed E-state index contributed by atoms with van der Waals surface area (Å²) in [5.41, 5.74) is 0. The molecule has 0 radical (unpaired) electrons. The maximum Gasteiger partial charge on any atom is 0.0584 e. The number of rotatable bonds is 4. The lowest BCUT2D eigenvalue weighted by atomic mass is 9.98. The van der Waals surface area contributed by atoms with Crippen molar-refractivity contribution in [2.45, 2.75) is 64.3 Å². The van der Waals surface area contributed by atoms with Crippen molar-refractivity contribution in [3.63, 3.8) is 0 Å². The molecule has 2 N–H and O–H groups in total. The van der Waals surface area contributed by atoms with Gasteiger partial charge >= 0.3 is 0 Å². The second kappa shape index (κ2) is 5.69. The molecule has 1 heterocycles. The van der Waals surface area contributed by atoms with Crippen LogP contribution in [-0.2, 0) is 4.74 Å². The Morgan fingerprint density at radius 1 is 1.36 bits per heavy atom. The molecular formula is C11H23NO2. The molecule has 0 unspecified atom stereocenters. The molecule has 84 valence electrons. The van der Waals surface area contributed by atoms with Gasteiger partial charge in [0.15, 0.2) is 0 Å². The third kappa shape index (κ3) is 3.56. The predicted octanol–water partition coefficient (Wildman–Crippen LogP) is 1.30. The van der Waals surface area contributed by atoms with Gasteiger partial charge in [0.2, 0.25) is 0 Å². The SMILES string of the molecule is CC[C@@H](CO)NC1C[C@@H](C)O[C@H](C)C1. The Kier molecular flexibility index (Phi) is 4.85. The number of hydrogen-bond acceptors (Lipinski definition) is 3. The third-order valence-corrected chi connectivity index (χ3v) is 2.88. The minimum absolute atomic E-state index is 0.233. The van der Waals surface area contributed by atoms with Crippen molar-refractivity contribution in [3.05, 3.63) is 0 Å². The topological polar surface area (TPSA) is 41.5 Å². The van der Waals surface area contributed by atoms with Gasteiger partial charge in [-0.25, -0.2) is 0 Å². The van der Waals surface area contributed by atoms with Gasteiger partial charge in [-0.3, -0.25) is 0 Å². The highest BCUT2D eigenvalue weighted by Gasteiger charge is 2.25. The zero-order valence-corrected chi connectivity index (χ0v) is 9.49. The molecule has 1 saturated heterocycles. The fraction of sp³-hybridized carbons (Fsp3) is 1.00. The molecule has 3 heteroatoms. The van der Waals surface area contributed by atoms with E-state index < -0.39 is 0 Å². The Bertz CT molecular complexity index is 149. The van der Waals surface area contributed by atoms with Crippen molar-refractivity contribution >= 4 is 0 Å². The van der Waals surface area contributed by atoms with Crippen LogP contribution in [0.15, 0.2) is 0 Å². The summed E-state index contributed by atoms with van der Waals surface area (Å²) in [5, 5.41) is 12.6. The van der Waals surface area contributed by atoms with Gasteiger partial charge in [-0.1, -0.05) is 6.92 Å². The van der Waals surface area contributed by atoms with Crippen LogP contribution < -0.4 is 5.32 Å². The first-order chi connectivity index (χ1) is 6.65. The standard InChI is InChI=1S/C11H23NO2/c1-4-10(7-13)12-11-5-8(2)14-9(3)6-11/h8-13H,4-7H2,1-3H3/t8-,9-,10+/m1/s1. The van der Waals surface area contributed by atoms with Crippen molar-refractivity contribution < 1.29 is 9.84 Å². The molecule has 0 bridgehead atoms. The number of aliphatic hydroxyl groups excluding tert-OH is 1. The second-order valence-electron chi connectivity index (χ2n) is 4.38. The summed E-state index contributed by atoms with van der Waals surface area (Å²) < 4.78 is 5.66. The van der Waals surface area contributed by atoms with E-state index in [1.807, 2.05) is 0 Å². The third-order valence-electron chi connectivity index (χ3n) is 2.88. The minimum atomic E-state index is 0.233. The fourth-order valence-electron chi connectivity index (χ4n) is 2.17. The van der Waals surface area contributed by atoms with E-state index >= 15 is 0 Å². The van der Waals surface area contributed by atoms with Crippen molar-refractivity contribution in [1.82, 2.24) is 5.32 Å². The summed E-state index contributed by atoms with van der Waals surface area (Å²) in [4.78, 5) is 0. The van der Waals surface area contributed by atoms with E-state index in [0.29, 0.717) is 18.2 Å². The minimum Gasteiger partial charge on any atom is -0.395 e. The van der Waals surface area contributed by atoms with Gasteiger partial charge in [0.05, 0.1) is 18.8 Å². The lowest BCUT2D eigenvalue weighted by molar-refractivity contribution is -0.0445. The molecule has 0 aromatic carbocycles. The molecule has 3 nitrogen and oxygen atoms in total. The quantitative estimate of drug-likeness (QED) is 0.720. The molecule has 0 saturated carbocycles. The summed E-state index contributed by atoms with van der Waals surface area (Å²) >= 11 is 0. The van der Waals surface area contributed by atoms with E-state index in [1.54, 1.807) is 0 Å². The highest BCUT2D eigenvalue weighted by molar-refractivity contribution is 4.81. The van der Waals surface area contributed by atoms with E-state index in [2.05, 4.69) is 26.1 Å². The van der Waals surface area contributed by atoms with Crippen LogP contribution >= 0.6 is 0 Å². The molecule has 0 spiro atoms. The van der Waals surface area contributed by atoms with Crippen LogP contribution in [0.4, 0.5) is 0 Å². The molecule has 0 amide bonds. The molecule has 0 aromatic rings. The Balaban J connectivity index is 2.35. The van der Waals surface area contributed by atoms with Crippen molar-refractivity contribution in [1.29, 1.82) is 0 Å². The largest absolute Gasteiger partial charge is 0.395 e. The summed E-state index contributed by atoms with van der Waals surface area (Å²) in [6, 6.07) is 0.753. The Morgan fingerprint density at radius 3 is 2.36 bits per heavy atom. The molecule has 1 aliphatic heterocycles. The summed E-state index contributed by atoms with van der Waals surface area (Å²) in [6.45, 7) is 6.56. The van der Waals surface area contributed by atoms with Gasteiger partial charge in [0.25, 0.3) is 0 Å². The smallest absolute Gasteiger partial charge is 0.0584 e. The number of ether oxygens (including phenoxy) is 1. The van der Waals surface area contributed by atoms with Crippen molar-refractivity contribution in [2.24, 2.45) is 0 Å². The van der Waals surface area contributed by atoms with Crippen molar-refractivity contribution in [2.75, 3.05) is 6.61 Å². The first kappa shape index (κ1) is 12.0. The Morgan fingerprint density at radius 2 is 1.93 bits per heavy atom. The average molecular weight is 201 g/mol. The van der Waals surface area contributed by atoms with Gasteiger partial charge in [-0.2, -0.15) is 0 Å². The Labute approximate surface area is 86.8 Å². The maximum absolute atomic E-state index is 9.09. The van der Waals surface area contributed by atoms with Crippen molar-refractivity contribution in [3.8, 4) is 0 Å². The van der Waals surface area contributed by atoms with E-state index in [9.17, 15) is 0 Å². The molecule has 0 aromatic heterocycles. The van der Waals surface area contributed by atoms with Gasteiger partial charge in [-0.05, 0) is 33.1 Å². The highest BCUT2D eigenvalue weighted by atomic mass is 16.5. The molecule has 1 rings (SSSR count). The maximum atomic E-state index is 9.09. The van der Waals surface area contributed by atoms with E-state index in [0.717, 1.165) is 19.3 Å². The van der Waals surface area contributed by atoms with Gasteiger partial charge < -0.3 is 15.2 Å². The number of aliphatic hydroxyl groups is 1. The van der Waals surface area contributed by atoms with Gasteiger partial charge in [-0.15, -0.1) is 0 Å². The second-order valence-corrected chi connectivity index (χ2v) is 4.38. The highest BCUT2D eigenvalue weighted by Crippen LogP contribution is 2.19. The molecule has 0 aliphatic carbocycles. The normalized spacial score (nSPS) is 35.6.